The topological polar surface area (TPSA) is 69.6 Å². The van der Waals surface area contributed by atoms with Crippen LogP contribution in [0.15, 0.2) is 122 Å². The fraction of sp³-hybridized carbons (Fsp3) is 0.734. The number of rotatable bonds is 66. The highest BCUT2D eigenvalue weighted by atomic mass is 16.3. The second-order valence-electron chi connectivity index (χ2n) is 24.3. The first-order chi connectivity index (χ1) is 41.2. The molecule has 0 aromatic carbocycles. The molecule has 4 nitrogen and oxygen atoms in total. The van der Waals surface area contributed by atoms with Crippen LogP contribution >= 0.6 is 0 Å². The standard InChI is InChI=1S/C79H139NO3/c1-3-5-7-9-11-13-15-17-19-21-23-25-27-29-31-33-35-37-38-39-40-41-42-43-45-47-49-51-53-55-57-59-61-63-65-67-69-71-73-75-79(83)80-77(76-81)78(82)74-72-70-68-66-64-62-60-58-56-54-52-50-48-46-44-36-34-32-30-28-26-24-22-20-18-16-14-12-10-8-6-4-2/h5,7,11,13,17,19,23,25,29,31,35,37,39-40,56,58,64,66,72,74,77-78,81-82H,3-4,6,8-10,12,14-16,18,20-22,24,26-28,30,32-34,36,38,41-55,57,59-63,65,67-71,73,75-76H2,1-2H3,(H,80,83)/b7-5-,13-11-,19-17-,25-23-,31-29-,37-35-,40-39-,58-56+,66-64+,74-72+. The van der Waals surface area contributed by atoms with Crippen LogP contribution in [-0.2, 0) is 4.79 Å². The fourth-order valence-corrected chi connectivity index (χ4v) is 10.7. The van der Waals surface area contributed by atoms with Crippen molar-refractivity contribution in [2.45, 2.75) is 366 Å². The molecule has 0 aromatic rings. The van der Waals surface area contributed by atoms with E-state index in [1.807, 2.05) is 6.08 Å². The molecular weight excluding hydrogens is 1010 g/mol. The van der Waals surface area contributed by atoms with Crippen molar-refractivity contribution in [2.24, 2.45) is 0 Å². The molecule has 1 amide bonds. The van der Waals surface area contributed by atoms with Crippen LogP contribution in [0, 0.1) is 0 Å². The molecule has 2 unspecified atom stereocenters. The summed E-state index contributed by atoms with van der Waals surface area (Å²) in [6.45, 7) is 4.21. The van der Waals surface area contributed by atoms with Crippen molar-refractivity contribution in [1.29, 1.82) is 0 Å². The summed E-state index contributed by atoms with van der Waals surface area (Å²) in [5, 5.41) is 23.3. The number of allylic oxidation sites excluding steroid dienone is 19. The minimum atomic E-state index is -0.878. The van der Waals surface area contributed by atoms with E-state index in [9.17, 15) is 15.0 Å². The lowest BCUT2D eigenvalue weighted by Crippen LogP contribution is -2.45. The molecule has 0 saturated carbocycles. The van der Waals surface area contributed by atoms with Crippen molar-refractivity contribution in [3.05, 3.63) is 122 Å². The number of nitrogens with one attached hydrogen (secondary N) is 1. The van der Waals surface area contributed by atoms with Crippen molar-refractivity contribution in [2.75, 3.05) is 6.61 Å². The molecule has 0 aliphatic heterocycles. The number of carbonyl (C=O) groups excluding carboxylic acids is 1. The lowest BCUT2D eigenvalue weighted by Gasteiger charge is -2.19. The Hall–Kier alpha value is -3.21. The average molecular weight is 1150 g/mol. The fourth-order valence-electron chi connectivity index (χ4n) is 10.7. The van der Waals surface area contributed by atoms with Gasteiger partial charge in [0.2, 0.25) is 5.91 Å². The van der Waals surface area contributed by atoms with E-state index in [2.05, 4.69) is 129 Å². The highest BCUT2D eigenvalue weighted by molar-refractivity contribution is 5.76. The van der Waals surface area contributed by atoms with Crippen LogP contribution in [-0.4, -0.2) is 34.9 Å². The van der Waals surface area contributed by atoms with Gasteiger partial charge in [-0.05, 0) is 103 Å². The molecule has 0 saturated heterocycles. The van der Waals surface area contributed by atoms with Crippen LogP contribution < -0.4 is 5.32 Å². The molecule has 0 aromatic heterocycles. The average Bonchev–Trinajstić information content (AvgIpc) is 3.51. The summed E-state index contributed by atoms with van der Waals surface area (Å²) >= 11 is 0. The number of unbranched alkanes of at least 4 members (excludes halogenated alkanes) is 41. The van der Waals surface area contributed by atoms with E-state index in [0.29, 0.717) is 6.42 Å². The number of hydrogen-bond donors (Lipinski definition) is 3. The summed E-state index contributed by atoms with van der Waals surface area (Å²) in [7, 11) is 0. The van der Waals surface area contributed by atoms with E-state index in [-0.39, 0.29) is 12.5 Å². The molecule has 0 bridgehead atoms. The van der Waals surface area contributed by atoms with E-state index >= 15 is 0 Å². The highest BCUT2D eigenvalue weighted by Crippen LogP contribution is 2.18. The molecule has 0 aliphatic rings. The number of aliphatic hydroxyl groups is 2. The van der Waals surface area contributed by atoms with Gasteiger partial charge in [0.15, 0.2) is 0 Å². The van der Waals surface area contributed by atoms with E-state index in [1.54, 1.807) is 6.08 Å². The largest absolute Gasteiger partial charge is 0.394 e. The van der Waals surface area contributed by atoms with Gasteiger partial charge in [-0.3, -0.25) is 4.79 Å². The van der Waals surface area contributed by atoms with Crippen molar-refractivity contribution in [3.63, 3.8) is 0 Å². The number of hydrogen-bond acceptors (Lipinski definition) is 3. The Morgan fingerprint density at radius 3 is 0.843 bits per heavy atom. The smallest absolute Gasteiger partial charge is 0.220 e. The maximum absolute atomic E-state index is 12.5. The Balaban J connectivity index is 3.53. The molecule has 0 spiro atoms. The number of carbonyl (C=O) groups is 1. The van der Waals surface area contributed by atoms with Crippen LogP contribution in [0.3, 0.4) is 0 Å². The molecule has 2 atom stereocenters. The summed E-state index contributed by atoms with van der Waals surface area (Å²) in [6, 6.07) is -0.654. The maximum Gasteiger partial charge on any atom is 0.220 e. The lowest BCUT2D eigenvalue weighted by atomic mass is 10.0. The van der Waals surface area contributed by atoms with E-state index in [0.717, 1.165) is 83.5 Å². The van der Waals surface area contributed by atoms with Gasteiger partial charge in [0.25, 0.3) is 0 Å². The third kappa shape index (κ3) is 69.5. The molecule has 83 heavy (non-hydrogen) atoms. The molecule has 0 aliphatic carbocycles. The Bertz CT molecular complexity index is 1590. The molecule has 0 rings (SSSR count). The number of aliphatic hydroxyl groups excluding tert-OH is 2. The van der Waals surface area contributed by atoms with Gasteiger partial charge >= 0.3 is 0 Å². The first-order valence-corrected chi connectivity index (χ1v) is 36.2. The van der Waals surface area contributed by atoms with Crippen LogP contribution in [0.4, 0.5) is 0 Å². The minimum absolute atomic E-state index is 0.0770. The van der Waals surface area contributed by atoms with Crippen molar-refractivity contribution >= 4 is 5.91 Å². The zero-order valence-corrected chi connectivity index (χ0v) is 55.2. The first kappa shape index (κ1) is 79.8. The number of amides is 1. The summed E-state index contributed by atoms with van der Waals surface area (Å²) in [5.74, 6) is -0.0770. The predicted molar refractivity (Wildman–Crippen MR) is 372 cm³/mol. The van der Waals surface area contributed by atoms with Gasteiger partial charge in [0.1, 0.15) is 0 Å². The lowest BCUT2D eigenvalue weighted by molar-refractivity contribution is -0.123. The molecule has 0 fully saturated rings. The van der Waals surface area contributed by atoms with Crippen LogP contribution in [0.25, 0.3) is 0 Å². The zero-order chi connectivity index (χ0) is 59.8. The van der Waals surface area contributed by atoms with Gasteiger partial charge < -0.3 is 15.5 Å². The Morgan fingerprint density at radius 1 is 0.301 bits per heavy atom. The third-order valence-electron chi connectivity index (χ3n) is 16.2. The van der Waals surface area contributed by atoms with Gasteiger partial charge in [-0.2, -0.15) is 0 Å². The van der Waals surface area contributed by atoms with Gasteiger partial charge in [-0.15, -0.1) is 0 Å². The van der Waals surface area contributed by atoms with E-state index < -0.39 is 12.1 Å². The van der Waals surface area contributed by atoms with E-state index in [4.69, 9.17) is 0 Å². The van der Waals surface area contributed by atoms with E-state index in [1.165, 1.54) is 250 Å². The quantitative estimate of drug-likeness (QED) is 0.0420. The van der Waals surface area contributed by atoms with Crippen LogP contribution in [0.2, 0.25) is 0 Å². The summed E-state index contributed by atoms with van der Waals surface area (Å²) in [5.41, 5.74) is 0. The van der Waals surface area contributed by atoms with Gasteiger partial charge in [-0.25, -0.2) is 0 Å². The molecule has 478 valence electrons. The molecule has 0 heterocycles. The van der Waals surface area contributed by atoms with Crippen LogP contribution in [0.1, 0.15) is 354 Å². The second kappa shape index (κ2) is 73.0. The highest BCUT2D eigenvalue weighted by Gasteiger charge is 2.18. The second-order valence-corrected chi connectivity index (χ2v) is 24.3. The summed E-state index contributed by atoms with van der Waals surface area (Å²) in [6.07, 6.45) is 112. The SMILES string of the molecule is CC/C=C\C/C=C\C/C=C\C/C=C\C/C=C\C/C=C\C/C=C\CCCCCCCCCCCCCCCCCCCC(=O)NC(CO)C(O)/C=C/CC/C=C/CC/C=C/CCCCCCCCCCCCCCCCCCCCCCCC. The normalized spacial score (nSPS) is 13.4. The Labute approximate surface area is 518 Å². The minimum Gasteiger partial charge on any atom is -0.394 e. The van der Waals surface area contributed by atoms with Crippen molar-refractivity contribution in [3.8, 4) is 0 Å². The van der Waals surface area contributed by atoms with Gasteiger partial charge in [0.05, 0.1) is 18.8 Å². The Kier molecular flexibility index (Phi) is 70.2. The predicted octanol–water partition coefficient (Wildman–Crippen LogP) is 25.1. The monoisotopic (exact) mass is 1150 g/mol. The third-order valence-corrected chi connectivity index (χ3v) is 16.2. The summed E-state index contributed by atoms with van der Waals surface area (Å²) < 4.78 is 0. The van der Waals surface area contributed by atoms with Gasteiger partial charge in [0, 0.05) is 6.42 Å². The van der Waals surface area contributed by atoms with Gasteiger partial charge in [-0.1, -0.05) is 367 Å². The molecular formula is C79H139NO3. The van der Waals surface area contributed by atoms with Crippen LogP contribution in [0.5, 0.6) is 0 Å². The molecule has 4 heteroatoms. The zero-order valence-electron chi connectivity index (χ0n) is 55.2. The van der Waals surface area contributed by atoms with Crippen molar-refractivity contribution < 1.29 is 15.0 Å². The maximum atomic E-state index is 12.5. The van der Waals surface area contributed by atoms with Crippen molar-refractivity contribution in [1.82, 2.24) is 5.32 Å². The summed E-state index contributed by atoms with van der Waals surface area (Å²) in [4.78, 5) is 12.5. The Morgan fingerprint density at radius 2 is 0.542 bits per heavy atom. The first-order valence-electron chi connectivity index (χ1n) is 36.2. The molecule has 0 radical (unpaired) electrons. The molecule has 3 N–H and O–H groups in total.